The van der Waals surface area contributed by atoms with Gasteiger partial charge in [-0.25, -0.2) is 0 Å². The van der Waals surface area contributed by atoms with Crippen LogP contribution in [-0.2, 0) is 4.74 Å². The second-order valence-corrected chi connectivity index (χ2v) is 3.85. The minimum atomic E-state index is -4.06. The lowest BCUT2D eigenvalue weighted by Gasteiger charge is -2.23. The van der Waals surface area contributed by atoms with Crippen LogP contribution in [0, 0.1) is 11.8 Å². The maximum atomic E-state index is 12.4. The number of alkyl halides is 3. The van der Waals surface area contributed by atoms with E-state index in [9.17, 15) is 13.2 Å². The number of hydrogen-bond acceptors (Lipinski definition) is 1. The molecule has 0 saturated carbocycles. The smallest absolute Gasteiger partial charge is 0.378 e. The molecule has 1 rings (SSSR count). The van der Waals surface area contributed by atoms with Crippen LogP contribution in [0.25, 0.3) is 0 Å². The van der Waals surface area contributed by atoms with E-state index in [-0.39, 0.29) is 19.1 Å². The van der Waals surface area contributed by atoms with Crippen molar-refractivity contribution in [1.29, 1.82) is 0 Å². The lowest BCUT2D eigenvalue weighted by Crippen LogP contribution is -2.29. The van der Waals surface area contributed by atoms with Gasteiger partial charge in [-0.15, -0.1) is 0 Å². The molecule has 1 aliphatic heterocycles. The van der Waals surface area contributed by atoms with E-state index in [1.54, 1.807) is 6.92 Å². The summed E-state index contributed by atoms with van der Waals surface area (Å²) in [6.45, 7) is 3.66. The van der Waals surface area contributed by atoms with Gasteiger partial charge in [0.05, 0.1) is 18.6 Å². The maximum Gasteiger partial charge on any atom is 0.392 e. The lowest BCUT2D eigenvalue weighted by molar-refractivity contribution is -0.189. The van der Waals surface area contributed by atoms with E-state index in [2.05, 4.69) is 0 Å². The molecule has 1 fully saturated rings. The van der Waals surface area contributed by atoms with Crippen LogP contribution in [0.1, 0.15) is 26.7 Å². The molecule has 1 nitrogen and oxygen atoms in total. The lowest BCUT2D eigenvalue weighted by atomic mass is 9.90. The first kappa shape index (κ1) is 10.8. The standard InChI is InChI=1S/C9H15F3O/c1-6-5-13-7(2)3-4-8(6)9(10,11)12/h6-8H,3-5H2,1-2H3. The van der Waals surface area contributed by atoms with Gasteiger partial charge in [0.15, 0.2) is 0 Å². The summed E-state index contributed by atoms with van der Waals surface area (Å²) in [5.41, 5.74) is 0. The first-order chi connectivity index (χ1) is 5.91. The van der Waals surface area contributed by atoms with E-state index in [1.807, 2.05) is 6.92 Å². The SMILES string of the molecule is CC1CCC(C(F)(F)F)C(C)CO1. The molecule has 0 aliphatic carbocycles. The molecule has 1 aliphatic rings. The fraction of sp³-hybridized carbons (Fsp3) is 1.00. The van der Waals surface area contributed by atoms with Crippen molar-refractivity contribution in [3.8, 4) is 0 Å². The number of halogens is 3. The summed E-state index contributed by atoms with van der Waals surface area (Å²) in [6.07, 6.45) is -3.39. The van der Waals surface area contributed by atoms with Crippen LogP contribution in [0.5, 0.6) is 0 Å². The van der Waals surface area contributed by atoms with Gasteiger partial charge in [0, 0.05) is 0 Å². The molecule has 0 amide bonds. The Morgan fingerprint density at radius 3 is 2.31 bits per heavy atom. The molecule has 3 unspecified atom stereocenters. The Morgan fingerprint density at radius 1 is 1.15 bits per heavy atom. The Bertz CT molecular complexity index is 167. The summed E-state index contributed by atoms with van der Waals surface area (Å²) in [4.78, 5) is 0. The molecule has 0 spiro atoms. The molecular weight excluding hydrogens is 181 g/mol. The third kappa shape index (κ3) is 2.86. The summed E-state index contributed by atoms with van der Waals surface area (Å²) in [5.74, 6) is -1.60. The molecule has 78 valence electrons. The topological polar surface area (TPSA) is 9.23 Å². The van der Waals surface area contributed by atoms with Crippen molar-refractivity contribution < 1.29 is 17.9 Å². The average Bonchev–Trinajstić information content (AvgIpc) is 2.12. The highest BCUT2D eigenvalue weighted by molar-refractivity contribution is 4.77. The summed E-state index contributed by atoms with van der Waals surface area (Å²) in [5, 5.41) is 0. The molecule has 0 bridgehead atoms. The molecule has 0 radical (unpaired) electrons. The third-order valence-electron chi connectivity index (χ3n) is 2.64. The average molecular weight is 196 g/mol. The van der Waals surface area contributed by atoms with Gasteiger partial charge in [0.1, 0.15) is 0 Å². The van der Waals surface area contributed by atoms with Crippen molar-refractivity contribution in [1.82, 2.24) is 0 Å². The summed E-state index contributed by atoms with van der Waals surface area (Å²) in [6, 6.07) is 0. The number of hydrogen-bond donors (Lipinski definition) is 0. The Labute approximate surface area is 76.3 Å². The second kappa shape index (κ2) is 3.86. The molecule has 1 heterocycles. The van der Waals surface area contributed by atoms with Crippen molar-refractivity contribution >= 4 is 0 Å². The normalized spacial score (nSPS) is 37.2. The van der Waals surface area contributed by atoms with Gasteiger partial charge in [-0.05, 0) is 25.7 Å². The predicted octanol–water partition coefficient (Wildman–Crippen LogP) is 3.00. The van der Waals surface area contributed by atoms with Crippen LogP contribution in [0.3, 0.4) is 0 Å². The molecule has 0 N–H and O–H groups in total. The zero-order valence-electron chi connectivity index (χ0n) is 7.90. The second-order valence-electron chi connectivity index (χ2n) is 3.85. The van der Waals surface area contributed by atoms with Crippen molar-refractivity contribution in [2.24, 2.45) is 11.8 Å². The van der Waals surface area contributed by atoms with Gasteiger partial charge >= 0.3 is 6.18 Å². The molecule has 0 aromatic carbocycles. The fourth-order valence-corrected chi connectivity index (χ4v) is 1.70. The van der Waals surface area contributed by atoms with E-state index in [0.717, 1.165) is 0 Å². The molecule has 1 saturated heterocycles. The van der Waals surface area contributed by atoms with Crippen molar-refractivity contribution in [3.05, 3.63) is 0 Å². The first-order valence-electron chi connectivity index (χ1n) is 4.59. The van der Waals surface area contributed by atoms with Gasteiger partial charge < -0.3 is 4.74 Å². The zero-order valence-corrected chi connectivity index (χ0v) is 7.90. The molecule has 4 heteroatoms. The Balaban J connectivity index is 2.62. The molecular formula is C9H15F3O. The highest BCUT2D eigenvalue weighted by Gasteiger charge is 2.43. The van der Waals surface area contributed by atoms with Crippen molar-refractivity contribution in [2.75, 3.05) is 6.61 Å². The quantitative estimate of drug-likeness (QED) is 0.578. The van der Waals surface area contributed by atoms with E-state index in [0.29, 0.717) is 6.42 Å². The van der Waals surface area contributed by atoms with Crippen LogP contribution in [0.2, 0.25) is 0 Å². The van der Waals surface area contributed by atoms with E-state index < -0.39 is 18.0 Å². The van der Waals surface area contributed by atoms with Gasteiger partial charge in [0.25, 0.3) is 0 Å². The van der Waals surface area contributed by atoms with Gasteiger partial charge in [-0.3, -0.25) is 0 Å². The minimum Gasteiger partial charge on any atom is -0.378 e. The van der Waals surface area contributed by atoms with Crippen LogP contribution < -0.4 is 0 Å². The first-order valence-corrected chi connectivity index (χ1v) is 4.59. The van der Waals surface area contributed by atoms with E-state index in [1.165, 1.54) is 0 Å². The van der Waals surface area contributed by atoms with Crippen LogP contribution in [-0.4, -0.2) is 18.9 Å². The Kier molecular flexibility index (Phi) is 3.22. The third-order valence-corrected chi connectivity index (χ3v) is 2.64. The largest absolute Gasteiger partial charge is 0.392 e. The highest BCUT2D eigenvalue weighted by Crippen LogP contribution is 2.37. The van der Waals surface area contributed by atoms with E-state index in [4.69, 9.17) is 4.74 Å². The van der Waals surface area contributed by atoms with Crippen molar-refractivity contribution in [2.45, 2.75) is 39.0 Å². The summed E-state index contributed by atoms with van der Waals surface area (Å²) < 4.78 is 42.6. The Morgan fingerprint density at radius 2 is 1.77 bits per heavy atom. The molecule has 0 aromatic rings. The maximum absolute atomic E-state index is 12.4. The van der Waals surface area contributed by atoms with Gasteiger partial charge in [-0.2, -0.15) is 13.2 Å². The van der Waals surface area contributed by atoms with Crippen molar-refractivity contribution in [3.63, 3.8) is 0 Å². The van der Waals surface area contributed by atoms with Crippen LogP contribution >= 0.6 is 0 Å². The Hall–Kier alpha value is -0.250. The minimum absolute atomic E-state index is 0.0326. The van der Waals surface area contributed by atoms with Crippen LogP contribution in [0.15, 0.2) is 0 Å². The van der Waals surface area contributed by atoms with Gasteiger partial charge in [0.2, 0.25) is 0 Å². The monoisotopic (exact) mass is 196 g/mol. The molecule has 0 aromatic heterocycles. The number of rotatable bonds is 0. The van der Waals surface area contributed by atoms with E-state index >= 15 is 0 Å². The molecule has 13 heavy (non-hydrogen) atoms. The summed E-state index contributed by atoms with van der Waals surface area (Å²) in [7, 11) is 0. The number of ether oxygens (including phenoxy) is 1. The predicted molar refractivity (Wildman–Crippen MR) is 43.4 cm³/mol. The zero-order chi connectivity index (χ0) is 10.1. The highest BCUT2D eigenvalue weighted by atomic mass is 19.4. The molecule has 3 atom stereocenters. The van der Waals surface area contributed by atoms with Gasteiger partial charge in [-0.1, -0.05) is 6.92 Å². The fourth-order valence-electron chi connectivity index (χ4n) is 1.70. The summed E-state index contributed by atoms with van der Waals surface area (Å²) >= 11 is 0. The van der Waals surface area contributed by atoms with Crippen LogP contribution in [0.4, 0.5) is 13.2 Å².